The number of oxazole rings is 1. The van der Waals surface area contributed by atoms with Gasteiger partial charge in [-0.25, -0.2) is 4.98 Å². The Hall–Kier alpha value is -2.08. The summed E-state index contributed by atoms with van der Waals surface area (Å²) in [6, 6.07) is 5.45. The zero-order chi connectivity index (χ0) is 17.3. The summed E-state index contributed by atoms with van der Waals surface area (Å²) in [6.07, 6.45) is 0. The van der Waals surface area contributed by atoms with Crippen LogP contribution in [0.3, 0.4) is 0 Å². The second-order valence-corrected chi connectivity index (χ2v) is 7.26. The van der Waals surface area contributed by atoms with Gasteiger partial charge in [0.2, 0.25) is 11.8 Å². The Kier molecular flexibility index (Phi) is 4.49. The fraction of sp³-hybridized carbons (Fsp3) is 0.556. The van der Waals surface area contributed by atoms with E-state index in [1.165, 1.54) is 0 Å². The molecule has 0 aliphatic carbocycles. The normalized spacial score (nSPS) is 17.1. The van der Waals surface area contributed by atoms with Crippen molar-refractivity contribution < 1.29 is 13.9 Å². The quantitative estimate of drug-likeness (QED) is 0.937. The number of fused-ring (bicyclic) bond motifs is 1. The van der Waals surface area contributed by atoms with Gasteiger partial charge in [-0.1, -0.05) is 20.8 Å². The Morgan fingerprint density at radius 3 is 2.67 bits per heavy atom. The molecule has 6 heteroatoms. The Morgan fingerprint density at radius 2 is 2.00 bits per heavy atom. The number of hydrogen-bond acceptors (Lipinski definition) is 5. The highest BCUT2D eigenvalue weighted by Crippen LogP contribution is 2.27. The lowest BCUT2D eigenvalue weighted by Crippen LogP contribution is -2.46. The first-order chi connectivity index (χ1) is 11.3. The number of ether oxygens (including phenoxy) is 1. The number of rotatable bonds is 3. The molecule has 6 nitrogen and oxygen atoms in total. The van der Waals surface area contributed by atoms with Crippen LogP contribution >= 0.6 is 0 Å². The highest BCUT2D eigenvalue weighted by molar-refractivity contribution is 5.85. The minimum Gasteiger partial charge on any atom is -0.440 e. The SMILES string of the molecule is CC(Nc1ccc2oc(C(C)(C)C)nc2c1)C(=O)N1CCOCC1. The number of nitrogens with one attached hydrogen (secondary N) is 1. The van der Waals surface area contributed by atoms with E-state index >= 15 is 0 Å². The molecule has 0 saturated carbocycles. The molecule has 1 fully saturated rings. The third-order valence-electron chi connectivity index (χ3n) is 4.11. The van der Waals surface area contributed by atoms with Crippen LogP contribution in [0.15, 0.2) is 22.6 Å². The average Bonchev–Trinajstić information content (AvgIpc) is 2.98. The van der Waals surface area contributed by atoms with E-state index in [9.17, 15) is 4.79 Å². The van der Waals surface area contributed by atoms with Gasteiger partial charge in [-0.15, -0.1) is 0 Å². The summed E-state index contributed by atoms with van der Waals surface area (Å²) in [7, 11) is 0. The van der Waals surface area contributed by atoms with E-state index in [2.05, 4.69) is 31.1 Å². The lowest BCUT2D eigenvalue weighted by molar-refractivity contribution is -0.135. The van der Waals surface area contributed by atoms with E-state index < -0.39 is 0 Å². The molecule has 2 heterocycles. The zero-order valence-electron chi connectivity index (χ0n) is 14.8. The molecule has 1 N–H and O–H groups in total. The fourth-order valence-corrected chi connectivity index (χ4v) is 2.71. The number of benzene rings is 1. The number of hydrogen-bond donors (Lipinski definition) is 1. The molecule has 1 unspecified atom stereocenters. The first-order valence-corrected chi connectivity index (χ1v) is 8.39. The number of carbonyl (C=O) groups is 1. The van der Waals surface area contributed by atoms with Gasteiger partial charge in [-0.05, 0) is 25.1 Å². The number of aromatic nitrogens is 1. The number of carbonyl (C=O) groups excluding carboxylic acids is 1. The fourth-order valence-electron chi connectivity index (χ4n) is 2.71. The smallest absolute Gasteiger partial charge is 0.244 e. The molecular weight excluding hydrogens is 306 g/mol. The lowest BCUT2D eigenvalue weighted by atomic mass is 9.97. The van der Waals surface area contributed by atoms with Crippen LogP contribution in [0.1, 0.15) is 33.6 Å². The third-order valence-corrected chi connectivity index (χ3v) is 4.11. The Bertz CT molecular complexity index is 727. The van der Waals surface area contributed by atoms with E-state index in [4.69, 9.17) is 9.15 Å². The molecule has 1 aliphatic heterocycles. The Balaban J connectivity index is 1.73. The maximum absolute atomic E-state index is 12.5. The number of amides is 1. The number of nitrogens with zero attached hydrogens (tertiary/aromatic N) is 2. The van der Waals surface area contributed by atoms with Gasteiger partial charge in [0.15, 0.2) is 5.58 Å². The topological polar surface area (TPSA) is 67.6 Å². The van der Waals surface area contributed by atoms with Gasteiger partial charge in [0.25, 0.3) is 0 Å². The number of morpholine rings is 1. The van der Waals surface area contributed by atoms with E-state index in [0.717, 1.165) is 16.8 Å². The summed E-state index contributed by atoms with van der Waals surface area (Å²) in [5.41, 5.74) is 2.30. The van der Waals surface area contributed by atoms with E-state index in [-0.39, 0.29) is 17.4 Å². The summed E-state index contributed by atoms with van der Waals surface area (Å²) >= 11 is 0. The highest BCUT2D eigenvalue weighted by Gasteiger charge is 2.23. The molecule has 1 amide bonds. The maximum Gasteiger partial charge on any atom is 0.244 e. The van der Waals surface area contributed by atoms with E-state index in [1.54, 1.807) is 0 Å². The average molecular weight is 331 g/mol. The van der Waals surface area contributed by atoms with E-state index in [1.807, 2.05) is 30.0 Å². The molecule has 1 aromatic heterocycles. The van der Waals surface area contributed by atoms with Crippen LogP contribution in [-0.2, 0) is 14.9 Å². The predicted octanol–water partition coefficient (Wildman–Crippen LogP) is 2.78. The van der Waals surface area contributed by atoms with Crippen LogP contribution < -0.4 is 5.32 Å². The molecule has 24 heavy (non-hydrogen) atoms. The molecule has 0 radical (unpaired) electrons. The molecular formula is C18H25N3O3. The van der Waals surface area contributed by atoms with Gasteiger partial charge in [0, 0.05) is 24.2 Å². The lowest BCUT2D eigenvalue weighted by Gasteiger charge is -2.29. The van der Waals surface area contributed by atoms with Gasteiger partial charge in [0.05, 0.1) is 13.2 Å². The third kappa shape index (κ3) is 3.53. The van der Waals surface area contributed by atoms with Crippen LogP contribution in [0.25, 0.3) is 11.1 Å². The van der Waals surface area contributed by atoms with Crippen molar-refractivity contribution in [1.29, 1.82) is 0 Å². The number of anilines is 1. The van der Waals surface area contributed by atoms with Gasteiger partial charge in [-0.3, -0.25) is 4.79 Å². The standard InChI is InChI=1S/C18H25N3O3/c1-12(16(22)21-7-9-23-10-8-21)19-13-5-6-15-14(11-13)20-17(24-15)18(2,3)4/h5-6,11-12,19H,7-10H2,1-4H3. The second-order valence-electron chi connectivity index (χ2n) is 7.26. The first-order valence-electron chi connectivity index (χ1n) is 8.39. The van der Waals surface area contributed by atoms with Crippen LogP contribution in [0, 0.1) is 0 Å². The van der Waals surface area contributed by atoms with Crippen molar-refractivity contribution in [3.05, 3.63) is 24.1 Å². The van der Waals surface area contributed by atoms with Crippen LogP contribution in [0.5, 0.6) is 0 Å². The molecule has 3 rings (SSSR count). The summed E-state index contributed by atoms with van der Waals surface area (Å²) in [4.78, 5) is 18.9. The second kappa shape index (κ2) is 6.43. The van der Waals surface area contributed by atoms with Crippen molar-refractivity contribution in [2.75, 3.05) is 31.6 Å². The molecule has 130 valence electrons. The first kappa shape index (κ1) is 16.8. The molecule has 2 aromatic rings. The summed E-state index contributed by atoms with van der Waals surface area (Å²) < 4.78 is 11.1. The van der Waals surface area contributed by atoms with Crippen molar-refractivity contribution in [2.24, 2.45) is 0 Å². The van der Waals surface area contributed by atoms with E-state index in [0.29, 0.717) is 32.2 Å². The van der Waals surface area contributed by atoms with Gasteiger partial charge in [0.1, 0.15) is 11.6 Å². The zero-order valence-corrected chi connectivity index (χ0v) is 14.8. The van der Waals surface area contributed by atoms with Gasteiger partial charge >= 0.3 is 0 Å². The van der Waals surface area contributed by atoms with Crippen molar-refractivity contribution in [3.8, 4) is 0 Å². The predicted molar refractivity (Wildman–Crippen MR) is 93.2 cm³/mol. The van der Waals surface area contributed by atoms with Crippen molar-refractivity contribution >= 4 is 22.7 Å². The minimum atomic E-state index is -0.297. The summed E-state index contributed by atoms with van der Waals surface area (Å²) in [6.45, 7) is 10.6. The Labute approximate surface area is 142 Å². The molecule has 0 bridgehead atoms. The highest BCUT2D eigenvalue weighted by atomic mass is 16.5. The monoisotopic (exact) mass is 331 g/mol. The van der Waals surface area contributed by atoms with Crippen LogP contribution in [-0.4, -0.2) is 48.1 Å². The molecule has 0 spiro atoms. The molecule has 1 aromatic carbocycles. The Morgan fingerprint density at radius 1 is 1.29 bits per heavy atom. The molecule has 1 aliphatic rings. The largest absolute Gasteiger partial charge is 0.440 e. The molecule has 1 atom stereocenters. The van der Waals surface area contributed by atoms with Crippen LogP contribution in [0.2, 0.25) is 0 Å². The van der Waals surface area contributed by atoms with Gasteiger partial charge in [-0.2, -0.15) is 0 Å². The molecule has 1 saturated heterocycles. The van der Waals surface area contributed by atoms with Crippen molar-refractivity contribution in [3.63, 3.8) is 0 Å². The van der Waals surface area contributed by atoms with Crippen molar-refractivity contribution in [1.82, 2.24) is 9.88 Å². The summed E-state index contributed by atoms with van der Waals surface area (Å²) in [5.74, 6) is 0.807. The maximum atomic E-state index is 12.5. The minimum absolute atomic E-state index is 0.0916. The van der Waals surface area contributed by atoms with Gasteiger partial charge < -0.3 is 19.4 Å². The van der Waals surface area contributed by atoms with Crippen molar-refractivity contribution in [2.45, 2.75) is 39.2 Å². The van der Waals surface area contributed by atoms with Crippen LogP contribution in [0.4, 0.5) is 5.69 Å². The summed E-state index contributed by atoms with van der Waals surface area (Å²) in [5, 5.41) is 3.27.